The molecular formula is C17H26N4O. The molecule has 0 aromatic carbocycles. The Labute approximate surface area is 132 Å². The van der Waals surface area contributed by atoms with E-state index < -0.39 is 0 Å². The number of carbonyl (C=O) groups excluding carboxylic acids is 1. The Morgan fingerprint density at radius 3 is 2.95 bits per heavy atom. The zero-order valence-electron chi connectivity index (χ0n) is 13.5. The van der Waals surface area contributed by atoms with Crippen LogP contribution in [0.5, 0.6) is 0 Å². The fraction of sp³-hybridized carbons (Fsp3) is 0.647. The van der Waals surface area contributed by atoms with Gasteiger partial charge >= 0.3 is 6.03 Å². The van der Waals surface area contributed by atoms with Gasteiger partial charge in [0.05, 0.1) is 11.7 Å². The molecule has 1 aromatic rings. The van der Waals surface area contributed by atoms with Crippen LogP contribution in [0.1, 0.15) is 37.9 Å². The first-order chi connectivity index (χ1) is 10.6. The topological polar surface area (TPSA) is 48.5 Å². The molecule has 1 saturated carbocycles. The molecule has 5 nitrogen and oxygen atoms in total. The van der Waals surface area contributed by atoms with Crippen molar-refractivity contribution in [2.75, 3.05) is 26.7 Å². The third-order valence-corrected chi connectivity index (χ3v) is 4.83. The second-order valence-corrected chi connectivity index (χ2v) is 6.68. The highest BCUT2D eigenvalue weighted by molar-refractivity contribution is 5.74. The average Bonchev–Trinajstić information content (AvgIpc) is 3.25. The highest BCUT2D eigenvalue weighted by atomic mass is 16.2. The van der Waals surface area contributed by atoms with E-state index in [9.17, 15) is 4.79 Å². The maximum Gasteiger partial charge on any atom is 0.317 e. The van der Waals surface area contributed by atoms with Crippen LogP contribution in [0.4, 0.5) is 4.79 Å². The number of nitrogens with one attached hydrogen (secondary N) is 1. The van der Waals surface area contributed by atoms with E-state index in [0.717, 1.165) is 31.1 Å². The Balaban J connectivity index is 1.48. The number of pyridine rings is 1. The SMILES string of the molecule is C[C@H](c1ccccn1)N(C)C(=O)N[C@@H]1CCN(CC2CC2)C1. The molecule has 0 bridgehead atoms. The largest absolute Gasteiger partial charge is 0.334 e. The molecule has 2 fully saturated rings. The van der Waals surface area contributed by atoms with Gasteiger partial charge in [-0.15, -0.1) is 0 Å². The molecule has 0 spiro atoms. The van der Waals surface area contributed by atoms with Crippen LogP contribution in [0.3, 0.4) is 0 Å². The maximum absolute atomic E-state index is 12.4. The summed E-state index contributed by atoms with van der Waals surface area (Å²) < 4.78 is 0. The minimum atomic E-state index is -0.0230. The van der Waals surface area contributed by atoms with Crippen LogP contribution in [0.2, 0.25) is 0 Å². The first kappa shape index (κ1) is 15.3. The average molecular weight is 302 g/mol. The Morgan fingerprint density at radius 1 is 1.45 bits per heavy atom. The molecule has 5 heteroatoms. The minimum absolute atomic E-state index is 0.00331. The van der Waals surface area contributed by atoms with Crippen molar-refractivity contribution >= 4 is 6.03 Å². The smallest absolute Gasteiger partial charge is 0.317 e. The van der Waals surface area contributed by atoms with Crippen LogP contribution >= 0.6 is 0 Å². The summed E-state index contributed by atoms with van der Waals surface area (Å²) in [5, 5.41) is 3.17. The fourth-order valence-electron chi connectivity index (χ4n) is 3.06. The molecule has 1 aliphatic heterocycles. The van der Waals surface area contributed by atoms with Gasteiger partial charge in [0.15, 0.2) is 0 Å². The number of hydrogen-bond acceptors (Lipinski definition) is 3. The number of nitrogens with zero attached hydrogens (tertiary/aromatic N) is 3. The molecular weight excluding hydrogens is 276 g/mol. The van der Waals surface area contributed by atoms with Crippen molar-refractivity contribution in [1.82, 2.24) is 20.1 Å². The van der Waals surface area contributed by atoms with E-state index in [1.54, 1.807) is 11.1 Å². The van der Waals surface area contributed by atoms with E-state index >= 15 is 0 Å². The van der Waals surface area contributed by atoms with Gasteiger partial charge in [0.25, 0.3) is 0 Å². The second-order valence-electron chi connectivity index (χ2n) is 6.68. The lowest BCUT2D eigenvalue weighted by atomic mass is 10.2. The van der Waals surface area contributed by atoms with Crippen LogP contribution in [-0.4, -0.2) is 53.5 Å². The molecule has 120 valence electrons. The zero-order valence-corrected chi connectivity index (χ0v) is 13.5. The first-order valence-electron chi connectivity index (χ1n) is 8.30. The lowest BCUT2D eigenvalue weighted by Gasteiger charge is -2.26. The summed E-state index contributed by atoms with van der Waals surface area (Å²) in [6.45, 7) is 5.33. The van der Waals surface area contributed by atoms with Crippen molar-refractivity contribution in [3.8, 4) is 0 Å². The third-order valence-electron chi connectivity index (χ3n) is 4.83. The highest BCUT2D eigenvalue weighted by Crippen LogP contribution is 2.30. The monoisotopic (exact) mass is 302 g/mol. The predicted octanol–water partition coefficient (Wildman–Crippen LogP) is 2.27. The summed E-state index contributed by atoms with van der Waals surface area (Å²) in [5.74, 6) is 0.918. The van der Waals surface area contributed by atoms with Crippen LogP contribution < -0.4 is 5.32 Å². The van der Waals surface area contributed by atoms with E-state index in [1.807, 2.05) is 32.2 Å². The van der Waals surface area contributed by atoms with E-state index in [2.05, 4.69) is 15.2 Å². The molecule has 1 N–H and O–H groups in total. The van der Waals surface area contributed by atoms with Crippen molar-refractivity contribution in [3.63, 3.8) is 0 Å². The van der Waals surface area contributed by atoms with Gasteiger partial charge in [-0.2, -0.15) is 0 Å². The lowest BCUT2D eigenvalue weighted by molar-refractivity contribution is 0.189. The van der Waals surface area contributed by atoms with Crippen LogP contribution in [0.15, 0.2) is 24.4 Å². The summed E-state index contributed by atoms with van der Waals surface area (Å²) in [4.78, 5) is 21.0. The van der Waals surface area contributed by atoms with Gasteiger partial charge in [0.2, 0.25) is 0 Å². The zero-order chi connectivity index (χ0) is 15.5. The summed E-state index contributed by atoms with van der Waals surface area (Å²) >= 11 is 0. The molecule has 2 amide bonds. The molecule has 2 heterocycles. The Bertz CT molecular complexity index is 503. The Morgan fingerprint density at radius 2 is 2.27 bits per heavy atom. The van der Waals surface area contributed by atoms with Gasteiger partial charge in [-0.3, -0.25) is 4.98 Å². The maximum atomic E-state index is 12.4. The number of likely N-dealkylation sites (tertiary alicyclic amines) is 1. The van der Waals surface area contributed by atoms with Gasteiger partial charge in [0, 0.05) is 38.9 Å². The summed E-state index contributed by atoms with van der Waals surface area (Å²) in [6.07, 6.45) is 5.60. The Kier molecular flexibility index (Phi) is 4.62. The summed E-state index contributed by atoms with van der Waals surface area (Å²) in [7, 11) is 1.84. The van der Waals surface area contributed by atoms with Gasteiger partial charge in [-0.1, -0.05) is 6.07 Å². The van der Waals surface area contributed by atoms with Crippen molar-refractivity contribution < 1.29 is 4.79 Å². The van der Waals surface area contributed by atoms with Crippen LogP contribution in [0.25, 0.3) is 0 Å². The number of hydrogen-bond donors (Lipinski definition) is 1. The van der Waals surface area contributed by atoms with E-state index in [0.29, 0.717) is 0 Å². The second kappa shape index (κ2) is 6.65. The molecule has 1 saturated heterocycles. The molecule has 3 rings (SSSR count). The standard InChI is InChI=1S/C17H26N4O/c1-13(16-5-3-4-9-18-16)20(2)17(22)19-15-8-10-21(12-15)11-14-6-7-14/h3-5,9,13-15H,6-8,10-12H2,1-2H3,(H,19,22)/t13-,15-/m1/s1. The van der Waals surface area contributed by atoms with Gasteiger partial charge in [0.1, 0.15) is 0 Å². The molecule has 0 radical (unpaired) electrons. The normalized spacial score (nSPS) is 23.3. The number of urea groups is 1. The van der Waals surface area contributed by atoms with Crippen molar-refractivity contribution in [2.24, 2.45) is 5.92 Å². The highest BCUT2D eigenvalue weighted by Gasteiger charge is 2.30. The van der Waals surface area contributed by atoms with Gasteiger partial charge in [-0.25, -0.2) is 4.79 Å². The van der Waals surface area contributed by atoms with Crippen LogP contribution in [0, 0.1) is 5.92 Å². The number of carbonyl (C=O) groups is 1. The van der Waals surface area contributed by atoms with Crippen molar-refractivity contribution in [2.45, 2.75) is 38.3 Å². The minimum Gasteiger partial charge on any atom is -0.334 e. The lowest BCUT2D eigenvalue weighted by Crippen LogP contribution is -2.45. The van der Waals surface area contributed by atoms with Gasteiger partial charge in [-0.05, 0) is 44.2 Å². The van der Waals surface area contributed by atoms with Crippen molar-refractivity contribution in [3.05, 3.63) is 30.1 Å². The molecule has 22 heavy (non-hydrogen) atoms. The third kappa shape index (κ3) is 3.77. The van der Waals surface area contributed by atoms with Crippen LogP contribution in [-0.2, 0) is 0 Å². The first-order valence-corrected chi connectivity index (χ1v) is 8.30. The molecule has 2 aliphatic rings. The van der Waals surface area contributed by atoms with E-state index in [4.69, 9.17) is 0 Å². The number of rotatable bonds is 5. The molecule has 1 aromatic heterocycles. The predicted molar refractivity (Wildman–Crippen MR) is 86.5 cm³/mol. The fourth-order valence-corrected chi connectivity index (χ4v) is 3.06. The van der Waals surface area contributed by atoms with Crippen molar-refractivity contribution in [1.29, 1.82) is 0 Å². The molecule has 2 atom stereocenters. The summed E-state index contributed by atoms with van der Waals surface area (Å²) in [5.41, 5.74) is 0.918. The summed E-state index contributed by atoms with van der Waals surface area (Å²) in [6, 6.07) is 6.06. The van der Waals surface area contributed by atoms with E-state index in [-0.39, 0.29) is 18.1 Å². The number of amides is 2. The molecule has 0 unspecified atom stereocenters. The Hall–Kier alpha value is -1.62. The van der Waals surface area contributed by atoms with Gasteiger partial charge < -0.3 is 15.1 Å². The number of aromatic nitrogens is 1. The van der Waals surface area contributed by atoms with E-state index in [1.165, 1.54) is 19.4 Å². The molecule has 1 aliphatic carbocycles. The quantitative estimate of drug-likeness (QED) is 0.907.